The van der Waals surface area contributed by atoms with Crippen molar-refractivity contribution in [1.82, 2.24) is 4.90 Å². The summed E-state index contributed by atoms with van der Waals surface area (Å²) in [6.07, 6.45) is 4.66. The van der Waals surface area contributed by atoms with Crippen LogP contribution in [0.25, 0.3) is 0 Å². The summed E-state index contributed by atoms with van der Waals surface area (Å²) < 4.78 is 11.4. The van der Waals surface area contributed by atoms with Gasteiger partial charge in [-0.25, -0.2) is 0 Å². The van der Waals surface area contributed by atoms with E-state index in [2.05, 4.69) is 0 Å². The normalized spacial score (nSPS) is 31.1. The fourth-order valence-corrected chi connectivity index (χ4v) is 3.27. The van der Waals surface area contributed by atoms with Gasteiger partial charge >= 0.3 is 5.97 Å². The number of likely N-dealkylation sites (tertiary alicyclic amines) is 1. The van der Waals surface area contributed by atoms with Crippen LogP contribution in [0.5, 0.6) is 0 Å². The van der Waals surface area contributed by atoms with E-state index in [1.807, 2.05) is 4.90 Å². The van der Waals surface area contributed by atoms with Crippen molar-refractivity contribution in [2.45, 2.75) is 44.3 Å². The van der Waals surface area contributed by atoms with E-state index >= 15 is 0 Å². The van der Waals surface area contributed by atoms with Crippen LogP contribution in [0.1, 0.15) is 32.1 Å². The lowest BCUT2D eigenvalue weighted by Crippen LogP contribution is -2.43. The number of nitrogens with zero attached hydrogens (tertiary/aromatic N) is 1. The third kappa shape index (κ3) is 3.55. The van der Waals surface area contributed by atoms with Crippen molar-refractivity contribution in [3.63, 3.8) is 0 Å². The highest BCUT2D eigenvalue weighted by atomic mass is 16.5. The summed E-state index contributed by atoms with van der Waals surface area (Å²) in [7, 11) is 0. The SMILES string of the molecule is O=C(O)[C@H]1C[C@H]1C(=O)N1CCC(OC2CCOCC2)CC1. The van der Waals surface area contributed by atoms with Crippen LogP contribution in [0.3, 0.4) is 0 Å². The minimum atomic E-state index is -0.842. The molecule has 2 aliphatic heterocycles. The first-order valence-electron chi connectivity index (χ1n) is 7.90. The molecule has 0 aromatic heterocycles. The van der Waals surface area contributed by atoms with Gasteiger partial charge < -0.3 is 19.5 Å². The van der Waals surface area contributed by atoms with Crippen molar-refractivity contribution in [3.05, 3.63) is 0 Å². The number of piperidine rings is 1. The average molecular weight is 297 g/mol. The Morgan fingerprint density at radius 3 is 2.19 bits per heavy atom. The van der Waals surface area contributed by atoms with Gasteiger partial charge in [0.15, 0.2) is 0 Å². The Bertz CT molecular complexity index is 399. The Morgan fingerprint density at radius 2 is 1.62 bits per heavy atom. The molecule has 0 unspecified atom stereocenters. The Balaban J connectivity index is 1.40. The van der Waals surface area contributed by atoms with Crippen LogP contribution in [-0.4, -0.2) is 60.4 Å². The monoisotopic (exact) mass is 297 g/mol. The van der Waals surface area contributed by atoms with E-state index in [4.69, 9.17) is 14.6 Å². The van der Waals surface area contributed by atoms with Crippen molar-refractivity contribution in [2.75, 3.05) is 26.3 Å². The van der Waals surface area contributed by atoms with Crippen molar-refractivity contribution in [2.24, 2.45) is 11.8 Å². The molecular weight excluding hydrogens is 274 g/mol. The van der Waals surface area contributed by atoms with E-state index in [9.17, 15) is 9.59 Å². The molecule has 3 aliphatic rings. The molecule has 1 N–H and O–H groups in total. The summed E-state index contributed by atoms with van der Waals surface area (Å²) in [6.45, 7) is 2.94. The molecule has 1 saturated carbocycles. The van der Waals surface area contributed by atoms with Crippen LogP contribution >= 0.6 is 0 Å². The number of hydrogen-bond donors (Lipinski definition) is 1. The Kier molecular flexibility index (Phi) is 4.45. The summed E-state index contributed by atoms with van der Waals surface area (Å²) in [6, 6.07) is 0. The minimum absolute atomic E-state index is 0.0203. The highest BCUT2D eigenvalue weighted by Gasteiger charge is 2.50. The first kappa shape index (κ1) is 14.8. The highest BCUT2D eigenvalue weighted by molar-refractivity contribution is 5.89. The van der Waals surface area contributed by atoms with Gasteiger partial charge in [0.25, 0.3) is 0 Å². The van der Waals surface area contributed by atoms with E-state index in [0.29, 0.717) is 25.6 Å². The molecule has 3 fully saturated rings. The number of ether oxygens (including phenoxy) is 2. The number of amides is 1. The number of hydrogen-bond acceptors (Lipinski definition) is 4. The minimum Gasteiger partial charge on any atom is -0.481 e. The maximum Gasteiger partial charge on any atom is 0.307 e. The molecule has 21 heavy (non-hydrogen) atoms. The molecule has 3 rings (SSSR count). The number of rotatable bonds is 4. The summed E-state index contributed by atoms with van der Waals surface area (Å²) in [5.41, 5.74) is 0. The zero-order valence-corrected chi connectivity index (χ0v) is 12.2. The van der Waals surface area contributed by atoms with Crippen molar-refractivity contribution < 1.29 is 24.2 Å². The summed E-state index contributed by atoms with van der Waals surface area (Å²) in [5.74, 6) is -1.55. The van der Waals surface area contributed by atoms with Gasteiger partial charge in [0, 0.05) is 26.3 Å². The average Bonchev–Trinajstić information content (AvgIpc) is 3.29. The smallest absolute Gasteiger partial charge is 0.307 e. The quantitative estimate of drug-likeness (QED) is 0.834. The van der Waals surface area contributed by atoms with Crippen molar-refractivity contribution >= 4 is 11.9 Å². The predicted octanol–water partition coefficient (Wildman–Crippen LogP) is 0.894. The Morgan fingerprint density at radius 1 is 1.00 bits per heavy atom. The van der Waals surface area contributed by atoms with E-state index in [1.54, 1.807) is 0 Å². The van der Waals surface area contributed by atoms with Gasteiger partial charge in [-0.1, -0.05) is 0 Å². The van der Waals surface area contributed by atoms with Crippen LogP contribution in [0.2, 0.25) is 0 Å². The first-order valence-corrected chi connectivity index (χ1v) is 7.90. The largest absolute Gasteiger partial charge is 0.481 e. The maximum absolute atomic E-state index is 12.2. The molecule has 6 heteroatoms. The van der Waals surface area contributed by atoms with E-state index in [-0.39, 0.29) is 17.9 Å². The molecular formula is C15H23NO5. The second-order valence-electron chi connectivity index (χ2n) is 6.26. The van der Waals surface area contributed by atoms with E-state index in [1.165, 1.54) is 0 Å². The molecule has 2 atom stereocenters. The third-order valence-corrected chi connectivity index (χ3v) is 4.73. The Hall–Kier alpha value is -1.14. The van der Waals surface area contributed by atoms with Gasteiger partial charge in [0.05, 0.1) is 24.0 Å². The van der Waals surface area contributed by atoms with Gasteiger partial charge in [-0.15, -0.1) is 0 Å². The number of carbonyl (C=O) groups excluding carboxylic acids is 1. The lowest BCUT2D eigenvalue weighted by atomic mass is 10.1. The first-order chi connectivity index (χ1) is 10.1. The predicted molar refractivity (Wildman–Crippen MR) is 73.8 cm³/mol. The summed E-state index contributed by atoms with van der Waals surface area (Å²) in [5, 5.41) is 8.89. The molecule has 118 valence electrons. The number of carboxylic acid groups (broad SMARTS) is 1. The lowest BCUT2D eigenvalue weighted by Gasteiger charge is -2.35. The molecule has 0 bridgehead atoms. The molecule has 1 aliphatic carbocycles. The number of aliphatic carboxylic acids is 1. The van der Waals surface area contributed by atoms with Crippen LogP contribution in [-0.2, 0) is 19.1 Å². The molecule has 0 aromatic carbocycles. The molecule has 2 saturated heterocycles. The molecule has 0 aromatic rings. The molecule has 0 radical (unpaired) electrons. The van der Waals surface area contributed by atoms with Gasteiger partial charge in [-0.2, -0.15) is 0 Å². The van der Waals surface area contributed by atoms with Crippen molar-refractivity contribution in [3.8, 4) is 0 Å². The molecule has 0 spiro atoms. The van der Waals surface area contributed by atoms with Gasteiger partial charge in [0.1, 0.15) is 0 Å². The molecule has 6 nitrogen and oxygen atoms in total. The summed E-state index contributed by atoms with van der Waals surface area (Å²) in [4.78, 5) is 24.8. The number of carboxylic acids is 1. The van der Waals surface area contributed by atoms with E-state index in [0.717, 1.165) is 38.9 Å². The third-order valence-electron chi connectivity index (χ3n) is 4.73. The van der Waals surface area contributed by atoms with E-state index < -0.39 is 11.9 Å². The zero-order chi connectivity index (χ0) is 14.8. The second-order valence-corrected chi connectivity index (χ2v) is 6.26. The van der Waals surface area contributed by atoms with Crippen LogP contribution in [0.15, 0.2) is 0 Å². The zero-order valence-electron chi connectivity index (χ0n) is 12.2. The molecule has 1 amide bonds. The molecule has 2 heterocycles. The van der Waals surface area contributed by atoms with Crippen LogP contribution in [0, 0.1) is 11.8 Å². The fourth-order valence-electron chi connectivity index (χ4n) is 3.27. The van der Waals surface area contributed by atoms with Crippen molar-refractivity contribution in [1.29, 1.82) is 0 Å². The maximum atomic E-state index is 12.2. The summed E-state index contributed by atoms with van der Waals surface area (Å²) >= 11 is 0. The second kappa shape index (κ2) is 6.32. The van der Waals surface area contributed by atoms with Crippen LogP contribution in [0.4, 0.5) is 0 Å². The standard InChI is InChI=1S/C15H23NO5/c17-14(12-9-13(12)15(18)19)16-5-1-10(2-6-16)21-11-3-7-20-8-4-11/h10-13H,1-9H2,(H,18,19)/t12-,13+/m1/s1. The van der Waals surface area contributed by atoms with Gasteiger partial charge in [-0.05, 0) is 32.1 Å². The topological polar surface area (TPSA) is 76.1 Å². The highest BCUT2D eigenvalue weighted by Crippen LogP contribution is 2.40. The Labute approximate surface area is 124 Å². The number of carbonyl (C=O) groups is 2. The van der Waals surface area contributed by atoms with Gasteiger partial charge in [-0.3, -0.25) is 9.59 Å². The van der Waals surface area contributed by atoms with Crippen LogP contribution < -0.4 is 0 Å². The fraction of sp³-hybridized carbons (Fsp3) is 0.867. The van der Waals surface area contributed by atoms with Gasteiger partial charge in [0.2, 0.25) is 5.91 Å². The lowest BCUT2D eigenvalue weighted by molar-refractivity contribution is -0.143.